The lowest BCUT2D eigenvalue weighted by Gasteiger charge is -2.58. The van der Waals surface area contributed by atoms with Crippen LogP contribution in [0.25, 0.3) is 0 Å². The van der Waals surface area contributed by atoms with Crippen LogP contribution in [0.15, 0.2) is 12.1 Å². The molecule has 1 aliphatic heterocycles. The van der Waals surface area contributed by atoms with Gasteiger partial charge in [0.05, 0.1) is 17.9 Å². The van der Waals surface area contributed by atoms with E-state index >= 15 is 0 Å². The second-order valence-corrected chi connectivity index (χ2v) is 9.99. The molecule has 0 amide bonds. The third kappa shape index (κ3) is 3.36. The van der Waals surface area contributed by atoms with Crippen molar-refractivity contribution in [3.8, 4) is 0 Å². The smallest absolute Gasteiger partial charge is 0.225 e. The number of aryl methyl sites for hydroxylation is 1. The number of ether oxygens (including phenoxy) is 1. The van der Waals surface area contributed by atoms with Gasteiger partial charge in [-0.25, -0.2) is 4.98 Å². The lowest BCUT2D eigenvalue weighted by Crippen LogP contribution is -2.59. The summed E-state index contributed by atoms with van der Waals surface area (Å²) >= 11 is 0. The number of aromatic amines is 1. The normalized spacial score (nSPS) is 36.9. The maximum Gasteiger partial charge on any atom is 0.225 e. The molecule has 4 saturated carbocycles. The van der Waals surface area contributed by atoms with Gasteiger partial charge in [-0.1, -0.05) is 0 Å². The van der Waals surface area contributed by atoms with Crippen molar-refractivity contribution >= 4 is 17.6 Å². The molecule has 3 unspecified atom stereocenters. The SMILES string of the molecule is Cc1cc(Nc2cc(C3CCOC3)nc(NC3C4CC5CC3CC(O)(C5)C4)n2)n[nH]1. The third-order valence-electron chi connectivity index (χ3n) is 7.59. The largest absolute Gasteiger partial charge is 0.390 e. The maximum absolute atomic E-state index is 10.9. The van der Waals surface area contributed by atoms with E-state index < -0.39 is 5.60 Å². The van der Waals surface area contributed by atoms with Crippen LogP contribution in [-0.2, 0) is 4.74 Å². The van der Waals surface area contributed by atoms with E-state index in [1.807, 2.05) is 19.1 Å². The van der Waals surface area contributed by atoms with Gasteiger partial charge >= 0.3 is 0 Å². The number of hydrogen-bond donors (Lipinski definition) is 4. The van der Waals surface area contributed by atoms with Gasteiger partial charge in [-0.15, -0.1) is 0 Å². The van der Waals surface area contributed by atoms with Gasteiger partial charge in [0.15, 0.2) is 5.82 Å². The summed E-state index contributed by atoms with van der Waals surface area (Å²) in [4.78, 5) is 9.69. The average Bonchev–Trinajstić information content (AvgIpc) is 3.35. The maximum atomic E-state index is 10.9. The topological polar surface area (TPSA) is 108 Å². The highest BCUT2D eigenvalue weighted by Crippen LogP contribution is 2.56. The van der Waals surface area contributed by atoms with Gasteiger partial charge in [0.2, 0.25) is 5.95 Å². The summed E-state index contributed by atoms with van der Waals surface area (Å²) < 4.78 is 5.60. The van der Waals surface area contributed by atoms with Crippen LogP contribution in [-0.4, -0.2) is 50.1 Å². The fourth-order valence-corrected chi connectivity index (χ4v) is 6.55. The Labute approximate surface area is 176 Å². The molecule has 4 N–H and O–H groups in total. The fraction of sp³-hybridized carbons (Fsp3) is 0.682. The molecule has 3 heterocycles. The Morgan fingerprint density at radius 1 is 1.13 bits per heavy atom. The minimum atomic E-state index is -0.427. The Hall–Kier alpha value is -2.19. The number of rotatable bonds is 5. The van der Waals surface area contributed by atoms with E-state index in [4.69, 9.17) is 14.7 Å². The zero-order valence-corrected chi connectivity index (χ0v) is 17.4. The zero-order valence-electron chi connectivity index (χ0n) is 17.4. The summed E-state index contributed by atoms with van der Waals surface area (Å²) in [6, 6.07) is 4.33. The number of nitrogens with one attached hydrogen (secondary N) is 3. The Bertz CT molecular complexity index is 923. The number of H-pyrrole nitrogens is 1. The molecule has 0 spiro atoms. The van der Waals surface area contributed by atoms with Crippen LogP contribution in [0, 0.1) is 24.7 Å². The van der Waals surface area contributed by atoms with E-state index in [2.05, 4.69) is 20.8 Å². The summed E-state index contributed by atoms with van der Waals surface area (Å²) in [5.74, 6) is 4.19. The second-order valence-electron chi connectivity index (χ2n) is 9.99. The van der Waals surface area contributed by atoms with Crippen molar-refractivity contribution in [3.05, 3.63) is 23.5 Å². The highest BCUT2D eigenvalue weighted by Gasteiger charge is 2.54. The van der Waals surface area contributed by atoms with Crippen molar-refractivity contribution in [1.82, 2.24) is 20.2 Å². The lowest BCUT2D eigenvalue weighted by atomic mass is 9.52. The molecule has 5 fully saturated rings. The molecule has 4 bridgehead atoms. The molecular formula is C22H30N6O2. The van der Waals surface area contributed by atoms with Crippen LogP contribution in [0.3, 0.4) is 0 Å². The van der Waals surface area contributed by atoms with Crippen LogP contribution in [0.4, 0.5) is 17.6 Å². The first-order chi connectivity index (χ1) is 14.5. The van der Waals surface area contributed by atoms with Crippen LogP contribution in [0.2, 0.25) is 0 Å². The first kappa shape index (κ1) is 18.6. The van der Waals surface area contributed by atoms with E-state index in [-0.39, 0.29) is 0 Å². The zero-order chi connectivity index (χ0) is 20.3. The minimum Gasteiger partial charge on any atom is -0.390 e. The number of anilines is 3. The van der Waals surface area contributed by atoms with E-state index in [1.54, 1.807) is 0 Å². The molecule has 4 aliphatic carbocycles. The van der Waals surface area contributed by atoms with E-state index in [1.165, 1.54) is 12.8 Å². The Kier molecular flexibility index (Phi) is 4.28. The van der Waals surface area contributed by atoms with Crippen molar-refractivity contribution in [2.75, 3.05) is 23.8 Å². The van der Waals surface area contributed by atoms with Crippen molar-refractivity contribution in [1.29, 1.82) is 0 Å². The Balaban J connectivity index is 1.28. The van der Waals surface area contributed by atoms with Crippen molar-refractivity contribution in [2.24, 2.45) is 17.8 Å². The summed E-state index contributed by atoms with van der Waals surface area (Å²) in [7, 11) is 0. The quantitative estimate of drug-likeness (QED) is 0.600. The van der Waals surface area contributed by atoms with Gasteiger partial charge < -0.3 is 20.5 Å². The number of nitrogens with zero attached hydrogens (tertiary/aromatic N) is 3. The van der Waals surface area contributed by atoms with E-state index in [9.17, 15) is 5.11 Å². The number of aliphatic hydroxyl groups is 1. The second kappa shape index (κ2) is 6.92. The van der Waals surface area contributed by atoms with Gasteiger partial charge in [0, 0.05) is 36.4 Å². The molecule has 8 nitrogen and oxygen atoms in total. The summed E-state index contributed by atoms with van der Waals surface area (Å²) in [5, 5.41) is 25.2. The molecule has 5 aliphatic rings. The van der Waals surface area contributed by atoms with Gasteiger partial charge in [-0.3, -0.25) is 5.10 Å². The van der Waals surface area contributed by atoms with Gasteiger partial charge in [-0.05, 0) is 63.2 Å². The van der Waals surface area contributed by atoms with Crippen LogP contribution >= 0.6 is 0 Å². The van der Waals surface area contributed by atoms with Gasteiger partial charge in [0.25, 0.3) is 0 Å². The molecular weight excluding hydrogens is 380 g/mol. The molecule has 2 aromatic rings. The summed E-state index contributed by atoms with van der Waals surface area (Å²) in [5.41, 5.74) is 1.59. The van der Waals surface area contributed by atoms with Crippen LogP contribution in [0.5, 0.6) is 0 Å². The highest BCUT2D eigenvalue weighted by atomic mass is 16.5. The van der Waals surface area contributed by atoms with Crippen LogP contribution in [0.1, 0.15) is 55.8 Å². The lowest BCUT2D eigenvalue weighted by molar-refractivity contribution is -0.129. The molecule has 7 rings (SSSR count). The van der Waals surface area contributed by atoms with Crippen molar-refractivity contribution in [3.63, 3.8) is 0 Å². The number of aromatic nitrogens is 4. The molecule has 3 atom stereocenters. The molecule has 2 aromatic heterocycles. The van der Waals surface area contributed by atoms with Crippen molar-refractivity contribution < 1.29 is 9.84 Å². The highest BCUT2D eigenvalue weighted by molar-refractivity contribution is 5.54. The van der Waals surface area contributed by atoms with E-state index in [0.29, 0.717) is 42.3 Å². The summed E-state index contributed by atoms with van der Waals surface area (Å²) in [6.45, 7) is 3.47. The Morgan fingerprint density at radius 3 is 2.63 bits per heavy atom. The van der Waals surface area contributed by atoms with Crippen molar-refractivity contribution in [2.45, 2.75) is 63.0 Å². The minimum absolute atomic E-state index is 0.300. The fourth-order valence-electron chi connectivity index (χ4n) is 6.55. The van der Waals surface area contributed by atoms with E-state index in [0.717, 1.165) is 55.3 Å². The molecule has 0 radical (unpaired) electrons. The molecule has 8 heteroatoms. The molecule has 160 valence electrons. The van der Waals surface area contributed by atoms with Gasteiger partial charge in [0.1, 0.15) is 5.82 Å². The third-order valence-corrected chi connectivity index (χ3v) is 7.59. The Morgan fingerprint density at radius 2 is 1.97 bits per heavy atom. The molecule has 30 heavy (non-hydrogen) atoms. The standard InChI is InChI=1S/C22H30N6O2/c1-12-4-19(28-27-12)24-18-7-17(14-2-3-30-11-14)23-21(25-18)26-20-15-5-13-6-16(20)10-22(29,8-13)9-15/h4,7,13-16,20,29H,2-3,5-6,8-11H2,1H3,(H3,23,24,25,26,27,28). The molecule has 0 aromatic carbocycles. The average molecular weight is 411 g/mol. The first-order valence-corrected chi connectivity index (χ1v) is 11.3. The first-order valence-electron chi connectivity index (χ1n) is 11.3. The monoisotopic (exact) mass is 410 g/mol. The summed E-state index contributed by atoms with van der Waals surface area (Å²) in [6.07, 6.45) is 6.23. The predicted octanol–water partition coefficient (Wildman–Crippen LogP) is 3.11. The van der Waals surface area contributed by atoms with Crippen LogP contribution < -0.4 is 10.6 Å². The van der Waals surface area contributed by atoms with Gasteiger partial charge in [-0.2, -0.15) is 10.1 Å². The number of hydrogen-bond acceptors (Lipinski definition) is 7. The molecule has 1 saturated heterocycles. The predicted molar refractivity (Wildman–Crippen MR) is 113 cm³/mol.